The van der Waals surface area contributed by atoms with Crippen molar-refractivity contribution in [1.29, 1.82) is 0 Å². The summed E-state index contributed by atoms with van der Waals surface area (Å²) in [5.74, 6) is -0.491. The van der Waals surface area contributed by atoms with Gasteiger partial charge in [-0.05, 0) is 38.8 Å². The van der Waals surface area contributed by atoms with Crippen LogP contribution in [0.1, 0.15) is 38.8 Å². The number of carbonyl (C=O) groups excluding carboxylic acids is 1. The van der Waals surface area contributed by atoms with Gasteiger partial charge < -0.3 is 24.9 Å². The van der Waals surface area contributed by atoms with Gasteiger partial charge in [-0.25, -0.2) is 14.5 Å². The molecule has 1 unspecified atom stereocenters. The molecule has 5 N–H and O–H groups in total. The number of ether oxygens (including phenoxy) is 3. The van der Waals surface area contributed by atoms with Crippen molar-refractivity contribution < 1.29 is 28.2 Å². The van der Waals surface area contributed by atoms with E-state index in [9.17, 15) is 14.2 Å². The van der Waals surface area contributed by atoms with E-state index in [4.69, 9.17) is 24.6 Å². The van der Waals surface area contributed by atoms with Crippen molar-refractivity contribution in [3.8, 4) is 6.01 Å². The lowest BCUT2D eigenvalue weighted by Gasteiger charge is -2.24. The minimum Gasteiger partial charge on any atom is -0.462 e. The summed E-state index contributed by atoms with van der Waals surface area (Å²) in [5, 5.41) is 2.78. The number of aromatic amines is 1. The summed E-state index contributed by atoms with van der Waals surface area (Å²) in [6.45, 7) is 11.0. The van der Waals surface area contributed by atoms with E-state index in [2.05, 4.69) is 32.1 Å². The summed E-state index contributed by atoms with van der Waals surface area (Å²) in [7, 11) is -2.13. The minimum absolute atomic E-state index is 0.0165. The molecular weight excluding hydrogens is 541 g/mol. The highest BCUT2D eigenvalue weighted by Gasteiger charge is 2.30. The second-order valence-corrected chi connectivity index (χ2v) is 11.5. The Labute approximate surface area is 231 Å². The summed E-state index contributed by atoms with van der Waals surface area (Å²) in [6.07, 6.45) is -0.403. The van der Waals surface area contributed by atoms with Gasteiger partial charge in [0.15, 0.2) is 11.5 Å². The van der Waals surface area contributed by atoms with E-state index in [0.29, 0.717) is 23.4 Å². The molecule has 0 aliphatic rings. The van der Waals surface area contributed by atoms with Gasteiger partial charge in [0.25, 0.3) is 7.52 Å². The van der Waals surface area contributed by atoms with Crippen molar-refractivity contribution in [3.63, 3.8) is 0 Å². The number of anilines is 1. The molecule has 0 spiro atoms. The van der Waals surface area contributed by atoms with Crippen LogP contribution in [0.25, 0.3) is 11.2 Å². The molecule has 3 rings (SSSR count). The molecule has 15 heteroatoms. The van der Waals surface area contributed by atoms with Gasteiger partial charge in [0.05, 0.1) is 25.4 Å². The molecule has 3 aromatic rings. The lowest BCUT2D eigenvalue weighted by molar-refractivity contribution is -0.149. The average Bonchev–Trinajstić information content (AvgIpc) is 3.18. The molecule has 0 saturated carbocycles. The maximum atomic E-state index is 13.8. The van der Waals surface area contributed by atoms with Gasteiger partial charge in [-0.2, -0.15) is 9.97 Å². The number of methoxy groups -OCH3 is 1. The Morgan fingerprint density at radius 2 is 1.95 bits per heavy atom. The van der Waals surface area contributed by atoms with E-state index in [-0.39, 0.29) is 48.4 Å². The number of benzene rings is 1. The third-order valence-electron chi connectivity index (χ3n) is 5.33. The molecule has 2 atom stereocenters. The van der Waals surface area contributed by atoms with Gasteiger partial charge in [0, 0.05) is 12.8 Å². The van der Waals surface area contributed by atoms with Crippen molar-refractivity contribution in [3.05, 3.63) is 58.2 Å². The molecule has 2 heterocycles. The number of nitrogens with one attached hydrogen (secondary N) is 3. The number of aromatic nitrogens is 4. The molecule has 1 aromatic carbocycles. The van der Waals surface area contributed by atoms with E-state index in [1.54, 1.807) is 53.0 Å². The van der Waals surface area contributed by atoms with Crippen LogP contribution in [0.2, 0.25) is 0 Å². The SMILES string of the molecule is C=C(C)NOP(=O)(Cc1cccc(Cn2c(=O)[nH]c3c(N)nc(OCCOC)nc32)c1)N[C@@H](C)C(=O)OC(C)C. The Balaban J connectivity index is 1.86. The zero-order valence-corrected chi connectivity index (χ0v) is 24.1. The number of H-pyrrole nitrogens is 1. The third-order valence-corrected chi connectivity index (χ3v) is 7.28. The third kappa shape index (κ3) is 8.39. The predicted octanol–water partition coefficient (Wildman–Crippen LogP) is 2.45. The zero-order valence-electron chi connectivity index (χ0n) is 23.2. The fraction of sp³-hybridized carbons (Fsp3) is 0.440. The maximum Gasteiger partial charge on any atom is 0.328 e. The van der Waals surface area contributed by atoms with Crippen molar-refractivity contribution in [1.82, 2.24) is 30.1 Å². The number of carbonyl (C=O) groups is 1. The van der Waals surface area contributed by atoms with Gasteiger partial charge >= 0.3 is 17.7 Å². The smallest absolute Gasteiger partial charge is 0.328 e. The Morgan fingerprint density at radius 3 is 2.62 bits per heavy atom. The number of rotatable bonds is 15. The van der Waals surface area contributed by atoms with Crippen LogP contribution in [0, 0.1) is 0 Å². The van der Waals surface area contributed by atoms with Gasteiger partial charge in [-0.3, -0.25) is 19.4 Å². The van der Waals surface area contributed by atoms with E-state index >= 15 is 0 Å². The van der Waals surface area contributed by atoms with E-state index < -0.39 is 25.2 Å². The molecule has 40 heavy (non-hydrogen) atoms. The topological polar surface area (TPSA) is 185 Å². The zero-order chi connectivity index (χ0) is 29.4. The molecule has 0 aliphatic carbocycles. The fourth-order valence-electron chi connectivity index (χ4n) is 3.65. The molecule has 2 aromatic heterocycles. The summed E-state index contributed by atoms with van der Waals surface area (Å²) in [6, 6.07) is 6.23. The second kappa shape index (κ2) is 13.6. The van der Waals surface area contributed by atoms with E-state index in [1.807, 2.05) is 6.07 Å². The first-order chi connectivity index (χ1) is 18.9. The molecular formula is C25H36N7O7P. The summed E-state index contributed by atoms with van der Waals surface area (Å²) < 4.78 is 36.3. The first-order valence-corrected chi connectivity index (χ1v) is 14.3. The van der Waals surface area contributed by atoms with Crippen LogP contribution in [-0.4, -0.2) is 58.0 Å². The second-order valence-electron chi connectivity index (χ2n) is 9.41. The largest absolute Gasteiger partial charge is 0.462 e. The fourth-order valence-corrected chi connectivity index (χ4v) is 5.53. The molecule has 0 radical (unpaired) electrons. The first-order valence-electron chi connectivity index (χ1n) is 12.5. The molecule has 0 bridgehead atoms. The summed E-state index contributed by atoms with van der Waals surface area (Å²) in [4.78, 5) is 36.2. The highest BCUT2D eigenvalue weighted by atomic mass is 31.2. The van der Waals surface area contributed by atoms with Crippen LogP contribution in [0.15, 0.2) is 41.3 Å². The van der Waals surface area contributed by atoms with Crippen LogP contribution >= 0.6 is 7.52 Å². The Bertz CT molecular complexity index is 1450. The number of imidazole rings is 1. The highest BCUT2D eigenvalue weighted by molar-refractivity contribution is 7.56. The van der Waals surface area contributed by atoms with E-state index in [0.717, 1.165) is 0 Å². The molecule has 218 valence electrons. The number of hydrogen-bond donors (Lipinski definition) is 4. The van der Waals surface area contributed by atoms with Crippen LogP contribution in [0.5, 0.6) is 6.01 Å². The molecule has 0 aliphatic heterocycles. The summed E-state index contributed by atoms with van der Waals surface area (Å²) in [5.41, 5.74) is 10.5. The first kappa shape index (κ1) is 30.8. The number of hydrogen-bond acceptors (Lipinski definition) is 11. The lowest BCUT2D eigenvalue weighted by atomic mass is 10.1. The molecule has 0 fully saturated rings. The van der Waals surface area contributed by atoms with Crippen LogP contribution < -0.4 is 26.7 Å². The van der Waals surface area contributed by atoms with Gasteiger partial charge in [0.1, 0.15) is 18.2 Å². The maximum absolute atomic E-state index is 13.8. The monoisotopic (exact) mass is 577 g/mol. The molecule has 0 saturated heterocycles. The highest BCUT2D eigenvalue weighted by Crippen LogP contribution is 2.46. The number of hydroxylamine groups is 1. The summed E-state index contributed by atoms with van der Waals surface area (Å²) >= 11 is 0. The molecule has 0 amide bonds. The number of nitrogen functional groups attached to an aromatic ring is 1. The predicted molar refractivity (Wildman–Crippen MR) is 150 cm³/mol. The quantitative estimate of drug-likeness (QED) is 0.0896. The van der Waals surface area contributed by atoms with Crippen molar-refractivity contribution in [2.75, 3.05) is 26.1 Å². The Morgan fingerprint density at radius 1 is 1.23 bits per heavy atom. The van der Waals surface area contributed by atoms with Crippen molar-refractivity contribution >= 4 is 30.5 Å². The van der Waals surface area contributed by atoms with E-state index in [1.165, 1.54) is 4.57 Å². The Hall–Kier alpha value is -3.71. The van der Waals surface area contributed by atoms with Gasteiger partial charge in [-0.15, -0.1) is 0 Å². The van der Waals surface area contributed by atoms with Crippen molar-refractivity contribution in [2.45, 2.75) is 52.5 Å². The minimum atomic E-state index is -3.68. The number of allylic oxidation sites excluding steroid dienone is 1. The number of nitrogens with zero attached hydrogens (tertiary/aromatic N) is 3. The van der Waals surface area contributed by atoms with Crippen LogP contribution in [-0.2, 0) is 36.2 Å². The lowest BCUT2D eigenvalue weighted by Crippen LogP contribution is -2.36. The normalized spacial score (nSPS) is 13.7. The number of esters is 1. The standard InChI is InChI=1S/C25H36N7O7P/c1-15(2)30-39-40(35,31-17(5)23(33)38-16(3)4)14-19-9-7-8-18(12-19)13-32-22-20(27-25(32)34)21(26)28-24(29-22)37-11-10-36-6/h7-9,12,16-17,30H,1,10-11,13-14H2,2-6H3,(H,27,34)(H,31,35)(H2,26,28,29)/t17-,40?/m0/s1. The molecule has 14 nitrogen and oxygen atoms in total. The number of fused-ring (bicyclic) bond motifs is 1. The van der Waals surface area contributed by atoms with Crippen LogP contribution in [0.3, 0.4) is 0 Å². The van der Waals surface area contributed by atoms with Gasteiger partial charge in [0.2, 0.25) is 0 Å². The Kier molecular flexibility index (Phi) is 10.5. The van der Waals surface area contributed by atoms with Gasteiger partial charge in [-0.1, -0.05) is 30.8 Å². The van der Waals surface area contributed by atoms with Crippen LogP contribution in [0.4, 0.5) is 5.82 Å². The van der Waals surface area contributed by atoms with Crippen molar-refractivity contribution in [2.24, 2.45) is 0 Å². The average molecular weight is 578 g/mol. The number of nitrogens with two attached hydrogens (primary N) is 1.